The fraction of sp³-hybridized carbons (Fsp3) is 0.583. The molecule has 2 rings (SSSR count). The Balaban J connectivity index is 2.17. The highest BCUT2D eigenvalue weighted by molar-refractivity contribution is 9.10. The van der Waals surface area contributed by atoms with Gasteiger partial charge < -0.3 is 4.90 Å². The van der Waals surface area contributed by atoms with Gasteiger partial charge in [0.1, 0.15) is 5.82 Å². The molecule has 15 heavy (non-hydrogen) atoms. The molecule has 0 aliphatic heterocycles. The summed E-state index contributed by atoms with van der Waals surface area (Å²) in [6.45, 7) is 4.39. The van der Waals surface area contributed by atoms with Crippen LogP contribution in [0.3, 0.4) is 0 Å². The summed E-state index contributed by atoms with van der Waals surface area (Å²) in [6.07, 6.45) is 4.64. The highest BCUT2D eigenvalue weighted by Crippen LogP contribution is 2.36. The van der Waals surface area contributed by atoms with E-state index >= 15 is 0 Å². The van der Waals surface area contributed by atoms with E-state index in [-0.39, 0.29) is 0 Å². The largest absolute Gasteiger partial charge is 0.357 e. The van der Waals surface area contributed by atoms with Gasteiger partial charge in [-0.15, -0.1) is 0 Å². The molecule has 82 valence electrons. The fourth-order valence-electron chi connectivity index (χ4n) is 1.82. The Hall–Kier alpha value is -0.570. The quantitative estimate of drug-likeness (QED) is 0.836. The number of nitrogens with zero attached hydrogens (tertiary/aromatic N) is 2. The van der Waals surface area contributed by atoms with Crippen LogP contribution in [0.25, 0.3) is 0 Å². The van der Waals surface area contributed by atoms with Crippen LogP contribution in [0, 0.1) is 12.8 Å². The SMILES string of the molecule is Cc1cc(N(C)C(C)C2CC2)ncc1Br. The van der Waals surface area contributed by atoms with Crippen LogP contribution in [0.2, 0.25) is 0 Å². The summed E-state index contributed by atoms with van der Waals surface area (Å²) in [6, 6.07) is 2.75. The Kier molecular flexibility index (Phi) is 3.01. The Morgan fingerprint density at radius 1 is 1.53 bits per heavy atom. The molecule has 1 heterocycles. The van der Waals surface area contributed by atoms with Crippen molar-refractivity contribution in [1.82, 2.24) is 4.98 Å². The number of hydrogen-bond donors (Lipinski definition) is 0. The van der Waals surface area contributed by atoms with E-state index in [0.717, 1.165) is 16.2 Å². The minimum Gasteiger partial charge on any atom is -0.357 e. The number of rotatable bonds is 3. The maximum Gasteiger partial charge on any atom is 0.128 e. The van der Waals surface area contributed by atoms with Crippen molar-refractivity contribution in [3.63, 3.8) is 0 Å². The summed E-state index contributed by atoms with van der Waals surface area (Å²) in [5.41, 5.74) is 1.25. The van der Waals surface area contributed by atoms with Crippen molar-refractivity contribution in [1.29, 1.82) is 0 Å². The standard InChI is InChI=1S/C12H17BrN2/c1-8-6-12(14-7-11(8)13)15(3)9(2)10-4-5-10/h6-7,9-10H,4-5H2,1-3H3. The lowest BCUT2D eigenvalue weighted by Gasteiger charge is -2.26. The van der Waals surface area contributed by atoms with Crippen molar-refractivity contribution in [2.75, 3.05) is 11.9 Å². The molecule has 0 bridgehead atoms. The first-order valence-corrected chi connectivity index (χ1v) is 6.24. The van der Waals surface area contributed by atoms with Gasteiger partial charge in [0.25, 0.3) is 0 Å². The number of hydrogen-bond acceptors (Lipinski definition) is 2. The van der Waals surface area contributed by atoms with Crippen LogP contribution < -0.4 is 4.90 Å². The number of aryl methyl sites for hydroxylation is 1. The molecule has 2 nitrogen and oxygen atoms in total. The van der Waals surface area contributed by atoms with Crippen molar-refractivity contribution in [2.24, 2.45) is 5.92 Å². The lowest BCUT2D eigenvalue weighted by Crippen LogP contribution is -2.31. The number of halogens is 1. The van der Waals surface area contributed by atoms with Crippen LogP contribution in [0.5, 0.6) is 0 Å². The molecule has 0 aromatic carbocycles. The molecule has 0 spiro atoms. The average Bonchev–Trinajstić information content (AvgIpc) is 3.03. The van der Waals surface area contributed by atoms with E-state index in [1.165, 1.54) is 18.4 Å². The molecule has 1 aliphatic carbocycles. The van der Waals surface area contributed by atoms with Crippen LogP contribution in [0.15, 0.2) is 16.7 Å². The number of pyridine rings is 1. The summed E-state index contributed by atoms with van der Waals surface area (Å²) in [4.78, 5) is 6.74. The molecule has 1 fully saturated rings. The smallest absolute Gasteiger partial charge is 0.128 e. The second kappa shape index (κ2) is 4.12. The zero-order valence-corrected chi connectivity index (χ0v) is 11.1. The Morgan fingerprint density at radius 3 is 2.73 bits per heavy atom. The van der Waals surface area contributed by atoms with E-state index in [1.807, 2.05) is 6.20 Å². The van der Waals surface area contributed by atoms with Gasteiger partial charge in [0.05, 0.1) is 0 Å². The second-order valence-electron chi connectivity index (χ2n) is 4.48. The lowest BCUT2D eigenvalue weighted by atomic mass is 10.2. The molecule has 1 aromatic heterocycles. The van der Waals surface area contributed by atoms with Gasteiger partial charge in [-0.05, 0) is 60.2 Å². The molecule has 0 amide bonds. The van der Waals surface area contributed by atoms with Crippen molar-refractivity contribution < 1.29 is 0 Å². The van der Waals surface area contributed by atoms with E-state index in [0.29, 0.717) is 6.04 Å². The molecular weight excluding hydrogens is 252 g/mol. The first-order chi connectivity index (χ1) is 7.09. The zero-order chi connectivity index (χ0) is 11.0. The molecule has 1 aliphatic rings. The molecule has 0 saturated heterocycles. The fourth-order valence-corrected chi connectivity index (χ4v) is 2.04. The second-order valence-corrected chi connectivity index (χ2v) is 5.33. The van der Waals surface area contributed by atoms with Gasteiger partial charge in [-0.2, -0.15) is 0 Å². The third-order valence-corrected chi connectivity index (χ3v) is 4.14. The van der Waals surface area contributed by atoms with E-state index in [1.54, 1.807) is 0 Å². The molecule has 0 radical (unpaired) electrons. The maximum atomic E-state index is 4.45. The van der Waals surface area contributed by atoms with Crippen molar-refractivity contribution in [2.45, 2.75) is 32.7 Å². The van der Waals surface area contributed by atoms with E-state index in [4.69, 9.17) is 0 Å². The third kappa shape index (κ3) is 2.33. The Morgan fingerprint density at radius 2 is 2.20 bits per heavy atom. The Labute approximate surface area is 99.8 Å². The summed E-state index contributed by atoms with van der Waals surface area (Å²) in [5.74, 6) is 1.95. The molecule has 3 heteroatoms. The molecule has 1 aromatic rings. The summed E-state index contributed by atoms with van der Waals surface area (Å²) in [5, 5.41) is 0. The summed E-state index contributed by atoms with van der Waals surface area (Å²) in [7, 11) is 2.14. The highest BCUT2D eigenvalue weighted by atomic mass is 79.9. The molecule has 1 atom stereocenters. The van der Waals surface area contributed by atoms with E-state index < -0.39 is 0 Å². The van der Waals surface area contributed by atoms with Crippen LogP contribution in [0.4, 0.5) is 5.82 Å². The summed E-state index contributed by atoms with van der Waals surface area (Å²) < 4.78 is 1.08. The molecule has 1 unspecified atom stereocenters. The molecular formula is C12H17BrN2. The van der Waals surface area contributed by atoms with Crippen LogP contribution in [0.1, 0.15) is 25.3 Å². The predicted octanol–water partition coefficient (Wildman–Crippen LogP) is 3.39. The van der Waals surface area contributed by atoms with Crippen LogP contribution in [-0.2, 0) is 0 Å². The van der Waals surface area contributed by atoms with Gasteiger partial charge in [0.2, 0.25) is 0 Å². The van der Waals surface area contributed by atoms with Gasteiger partial charge in [-0.3, -0.25) is 0 Å². The molecule has 1 saturated carbocycles. The van der Waals surface area contributed by atoms with Gasteiger partial charge in [-0.1, -0.05) is 0 Å². The first kappa shape index (κ1) is 10.9. The van der Waals surface area contributed by atoms with E-state index in [2.05, 4.69) is 52.8 Å². The van der Waals surface area contributed by atoms with Gasteiger partial charge >= 0.3 is 0 Å². The lowest BCUT2D eigenvalue weighted by molar-refractivity contribution is 0.604. The Bertz CT molecular complexity index is 361. The monoisotopic (exact) mass is 268 g/mol. The minimum atomic E-state index is 0.609. The number of aromatic nitrogens is 1. The van der Waals surface area contributed by atoms with Crippen LogP contribution in [-0.4, -0.2) is 18.1 Å². The highest BCUT2D eigenvalue weighted by Gasteiger charge is 2.31. The van der Waals surface area contributed by atoms with E-state index in [9.17, 15) is 0 Å². The topological polar surface area (TPSA) is 16.1 Å². The maximum absolute atomic E-state index is 4.45. The van der Waals surface area contributed by atoms with Gasteiger partial charge in [0.15, 0.2) is 0 Å². The van der Waals surface area contributed by atoms with Crippen LogP contribution >= 0.6 is 15.9 Å². The molecule has 0 N–H and O–H groups in total. The van der Waals surface area contributed by atoms with Crippen molar-refractivity contribution in [3.05, 3.63) is 22.3 Å². The minimum absolute atomic E-state index is 0.609. The predicted molar refractivity (Wildman–Crippen MR) is 67.3 cm³/mol. The average molecular weight is 269 g/mol. The van der Waals surface area contributed by atoms with Gasteiger partial charge in [0, 0.05) is 23.8 Å². The summed E-state index contributed by atoms with van der Waals surface area (Å²) >= 11 is 3.48. The normalized spacial score (nSPS) is 17.6. The van der Waals surface area contributed by atoms with Gasteiger partial charge in [-0.25, -0.2) is 4.98 Å². The first-order valence-electron chi connectivity index (χ1n) is 5.44. The third-order valence-electron chi connectivity index (χ3n) is 3.31. The number of anilines is 1. The zero-order valence-electron chi connectivity index (χ0n) is 9.50. The van der Waals surface area contributed by atoms with Crippen molar-refractivity contribution >= 4 is 21.7 Å². The van der Waals surface area contributed by atoms with Crippen molar-refractivity contribution in [3.8, 4) is 0 Å².